The van der Waals surface area contributed by atoms with E-state index in [1.807, 2.05) is 66.7 Å². The Bertz CT molecular complexity index is 3650. The van der Waals surface area contributed by atoms with Crippen LogP contribution in [0.4, 0.5) is 28.6 Å². The number of para-hydroxylation sites is 1. The molecular weight excluding hydrogens is 1200 g/mol. The van der Waals surface area contributed by atoms with Gasteiger partial charge in [-0.05, 0) is 173 Å². The van der Waals surface area contributed by atoms with E-state index in [9.17, 15) is 0 Å². The Labute approximate surface area is 594 Å². The molecule has 0 N–H and O–H groups in total. The second-order valence-electron chi connectivity index (χ2n) is 26.7. The van der Waals surface area contributed by atoms with Crippen LogP contribution in [0.3, 0.4) is 0 Å². The van der Waals surface area contributed by atoms with E-state index >= 15 is 0 Å². The van der Waals surface area contributed by atoms with Gasteiger partial charge in [0.15, 0.2) is 22.7 Å². The minimum absolute atomic E-state index is 0.320. The molecule has 0 aliphatic heterocycles. The molecule has 0 radical (unpaired) electrons. The average molecular weight is 1310 g/mol. The van der Waals surface area contributed by atoms with Crippen LogP contribution in [0.5, 0.6) is 5.75 Å². The van der Waals surface area contributed by atoms with Crippen molar-refractivity contribution in [1.82, 2.24) is 9.97 Å². The van der Waals surface area contributed by atoms with E-state index in [-0.39, 0.29) is 0 Å². The fraction of sp³-hybridized carbons (Fsp3) is 0.367. The smallest absolute Gasteiger partial charge is 0.272 e. The predicted molar refractivity (Wildman–Crippen MR) is 422 cm³/mol. The molecule has 9 aromatic rings. The molecule has 0 aliphatic carbocycles. The number of hydrogen-bond acceptors (Lipinski definition) is 3. The zero-order valence-corrected chi connectivity index (χ0v) is 63.7. The highest BCUT2D eigenvalue weighted by Gasteiger charge is 2.13. The van der Waals surface area contributed by atoms with Gasteiger partial charge >= 0.3 is 0 Å². The molecule has 2 heterocycles. The number of ether oxygens (including phenoxy) is 1. The quantitative estimate of drug-likeness (QED) is 0.128. The van der Waals surface area contributed by atoms with Gasteiger partial charge in [0.2, 0.25) is 0 Å². The average Bonchev–Trinajstić information content (AvgIpc) is 0.854. The van der Waals surface area contributed by atoms with Crippen molar-refractivity contribution < 1.29 is 4.74 Å². The molecule has 0 fully saturated rings. The molecule has 98 heavy (non-hydrogen) atoms. The number of benzene rings is 7. The Morgan fingerprint density at radius 3 is 0.867 bits per heavy atom. The van der Waals surface area contributed by atoms with Crippen molar-refractivity contribution in [2.24, 2.45) is 0 Å². The fourth-order valence-corrected chi connectivity index (χ4v) is 10.8. The number of hydrogen-bond donors (Lipinski definition) is 0. The lowest BCUT2D eigenvalue weighted by Gasteiger charge is -2.12. The van der Waals surface area contributed by atoms with E-state index < -0.39 is 0 Å². The van der Waals surface area contributed by atoms with Gasteiger partial charge in [-0.1, -0.05) is 294 Å². The van der Waals surface area contributed by atoms with Crippen LogP contribution in [0, 0.1) is 67.5 Å². The molecule has 2 aromatic heterocycles. The lowest BCUT2D eigenvalue weighted by atomic mass is 9.96. The van der Waals surface area contributed by atoms with Gasteiger partial charge in [0.25, 0.3) is 5.82 Å². The molecule has 0 atom stereocenters. The van der Waals surface area contributed by atoms with Crippen molar-refractivity contribution in [3.05, 3.63) is 329 Å². The second kappa shape index (κ2) is 47.1. The molecular formula is C90H113N7O. The minimum Gasteiger partial charge on any atom is -0.498 e. The maximum Gasteiger partial charge on any atom is 0.272 e. The molecule has 0 aliphatic rings. The minimum atomic E-state index is 0.320. The van der Waals surface area contributed by atoms with Crippen LogP contribution < -0.4 is 4.74 Å². The van der Waals surface area contributed by atoms with E-state index in [0.717, 1.165) is 45.1 Å². The first-order valence-electron chi connectivity index (χ1n) is 34.3. The first-order chi connectivity index (χ1) is 46.5. The summed E-state index contributed by atoms with van der Waals surface area (Å²) >= 11 is 0. The first-order valence-corrected chi connectivity index (χ1v) is 34.3. The molecule has 0 unspecified atom stereocenters. The van der Waals surface area contributed by atoms with E-state index in [1.165, 1.54) is 55.6 Å². The van der Waals surface area contributed by atoms with Gasteiger partial charge < -0.3 is 9.58 Å². The summed E-state index contributed by atoms with van der Waals surface area (Å²) < 4.78 is 5.21. The van der Waals surface area contributed by atoms with Gasteiger partial charge in [0.05, 0.1) is 33.4 Å². The number of methoxy groups -OCH3 is 1. The van der Waals surface area contributed by atoms with Crippen molar-refractivity contribution in [2.75, 3.05) is 7.11 Å². The molecule has 0 bridgehead atoms. The van der Waals surface area contributed by atoms with Gasteiger partial charge in [-0.25, -0.2) is 19.4 Å². The zero-order valence-electron chi connectivity index (χ0n) is 63.7. The van der Waals surface area contributed by atoms with E-state index in [1.54, 1.807) is 31.8 Å². The number of aromatic nitrogens is 2. The van der Waals surface area contributed by atoms with E-state index in [4.69, 9.17) is 37.6 Å². The van der Waals surface area contributed by atoms with Gasteiger partial charge in [-0.2, -0.15) is 0 Å². The Kier molecular flexibility index (Phi) is 41.4. The number of rotatable bonds is 10. The topological polar surface area (TPSA) is 56.8 Å². The maximum absolute atomic E-state index is 7.02. The van der Waals surface area contributed by atoms with Crippen molar-refractivity contribution in [2.45, 2.75) is 213 Å². The summed E-state index contributed by atoms with van der Waals surface area (Å²) in [4.78, 5) is 25.1. The van der Waals surface area contributed by atoms with Crippen molar-refractivity contribution in [3.8, 4) is 5.75 Å². The van der Waals surface area contributed by atoms with Gasteiger partial charge in [-0.15, -0.1) is 4.98 Å². The number of nitrogens with zero attached hydrogens (tertiary/aromatic N) is 7. The molecule has 514 valence electrons. The van der Waals surface area contributed by atoms with Crippen LogP contribution >= 0.6 is 0 Å². The second-order valence-corrected chi connectivity index (χ2v) is 26.7. The summed E-state index contributed by atoms with van der Waals surface area (Å²) in [6.45, 7) is 84.0. The molecule has 9 rings (SSSR count). The first kappa shape index (κ1) is 86.1. The number of pyridine rings is 2. The molecule has 0 saturated carbocycles. The molecule has 0 saturated heterocycles. The third kappa shape index (κ3) is 30.4. The van der Waals surface area contributed by atoms with Gasteiger partial charge in [-0.3, -0.25) is 4.98 Å². The van der Waals surface area contributed by atoms with Crippen LogP contribution in [0.1, 0.15) is 256 Å². The normalized spacial score (nSPS) is 10.0. The van der Waals surface area contributed by atoms with E-state index in [2.05, 4.69) is 297 Å². The number of aryl methyl sites for hydroxylation is 5. The molecule has 8 heteroatoms. The van der Waals surface area contributed by atoms with Crippen molar-refractivity contribution in [1.29, 1.82) is 0 Å². The summed E-state index contributed by atoms with van der Waals surface area (Å²) in [6, 6.07) is 58.9. The molecule has 0 spiro atoms. The van der Waals surface area contributed by atoms with Crippen LogP contribution in [0.15, 0.2) is 195 Å². The summed E-state index contributed by atoms with van der Waals surface area (Å²) in [5.74, 6) is 5.92. The van der Waals surface area contributed by atoms with Crippen molar-refractivity contribution in [3.63, 3.8) is 0 Å². The fourth-order valence-electron chi connectivity index (χ4n) is 10.8. The Morgan fingerprint density at radius 1 is 0.276 bits per heavy atom. The predicted octanol–water partition coefficient (Wildman–Crippen LogP) is 28.4. The molecule has 0 amide bonds. The van der Waals surface area contributed by atoms with Gasteiger partial charge in [0, 0.05) is 18.0 Å². The Balaban J connectivity index is 0.000000552. The van der Waals surface area contributed by atoms with Gasteiger partial charge in [0.1, 0.15) is 11.9 Å². The lowest BCUT2D eigenvalue weighted by molar-refractivity contribution is 0.408. The van der Waals surface area contributed by atoms with Crippen molar-refractivity contribution >= 4 is 28.6 Å². The monoisotopic (exact) mass is 1310 g/mol. The summed E-state index contributed by atoms with van der Waals surface area (Å²) in [5, 5.41) is 0. The van der Waals surface area contributed by atoms with Crippen LogP contribution in [0.25, 0.3) is 24.2 Å². The zero-order chi connectivity index (χ0) is 74.0. The highest BCUT2D eigenvalue weighted by atomic mass is 16.5. The molecule has 8 nitrogen and oxygen atoms in total. The third-order valence-corrected chi connectivity index (χ3v) is 16.0. The third-order valence-electron chi connectivity index (χ3n) is 16.0. The van der Waals surface area contributed by atoms with Crippen LogP contribution in [-0.2, 0) is 0 Å². The largest absolute Gasteiger partial charge is 0.498 e. The van der Waals surface area contributed by atoms with E-state index in [0.29, 0.717) is 64.8 Å². The van der Waals surface area contributed by atoms with Crippen LogP contribution in [0.2, 0.25) is 0 Å². The summed E-state index contributed by atoms with van der Waals surface area (Å²) in [7, 11) is 1.63. The highest BCUT2D eigenvalue weighted by molar-refractivity contribution is 5.60. The summed E-state index contributed by atoms with van der Waals surface area (Å²) in [6.07, 6.45) is 5.07. The SMILES string of the molecule is Cc1ccccc1C(C)C.Cc1ccccc1C(C)C.Cc1ccccc1C(C)C.Cc1ccccc1C(C)C.[C-]#[N+]c1cccc(C)c1C(C)C.[C-]#[N+]c1cccc(OC)c1C(C)C.[C-]#[N+]c1ccccc1C(C)C.[C-]#[N+]c1ccncc1C(C)C.[C-]#[N+]c1ncccc1C(C)C. The Morgan fingerprint density at radius 2 is 0.582 bits per heavy atom. The Hall–Kier alpha value is -9.91. The maximum atomic E-state index is 7.02. The molecule has 7 aromatic carbocycles. The van der Waals surface area contributed by atoms with Crippen LogP contribution in [-0.4, -0.2) is 17.1 Å². The standard InChI is InChI=1S/C11H13NO.C11H13N.C10H11N.4C10H14.2C9H10N2/c1-8(2)11-9(12-3)6-5-7-10(11)13-4;1-8(2)11-9(3)6-5-7-10(11)12-4;1-8(2)9-6-4-5-7-10(9)11-3;4*1-8(2)10-7-5-4-6-9(10)3;1-7(2)8-6-11-5-4-9(8)10-3;1-7(2)8-5-4-6-11-9(8)10-3/h5-8H,1-2,4H3;5-8H,1-3H3;4-8H,1-2H3;4*4-8H,1-3H3;2*4-7H,1-2H3. The lowest BCUT2D eigenvalue weighted by Crippen LogP contribution is -1.93. The highest BCUT2D eigenvalue weighted by Crippen LogP contribution is 2.35. The summed E-state index contributed by atoms with van der Waals surface area (Å²) in [5.41, 5.74) is 21.0.